The van der Waals surface area contributed by atoms with Crippen LogP contribution >= 0.6 is 0 Å². The molecular formula is C16H18N2O. The fourth-order valence-electron chi connectivity index (χ4n) is 2.73. The molecule has 0 spiro atoms. The van der Waals surface area contributed by atoms with Gasteiger partial charge in [-0.25, -0.2) is 0 Å². The average molecular weight is 254 g/mol. The van der Waals surface area contributed by atoms with Crippen LogP contribution in [0.5, 0.6) is 0 Å². The zero-order valence-electron chi connectivity index (χ0n) is 10.8. The summed E-state index contributed by atoms with van der Waals surface area (Å²) in [4.78, 5) is 4.08. The van der Waals surface area contributed by atoms with E-state index in [0.29, 0.717) is 12.1 Å². The summed E-state index contributed by atoms with van der Waals surface area (Å²) in [6, 6.07) is 12.0. The van der Waals surface area contributed by atoms with Crippen LogP contribution in [0, 0.1) is 0 Å². The Balaban J connectivity index is 1.82. The van der Waals surface area contributed by atoms with Crippen molar-refractivity contribution < 1.29 is 5.11 Å². The van der Waals surface area contributed by atoms with Gasteiger partial charge in [-0.3, -0.25) is 4.98 Å². The summed E-state index contributed by atoms with van der Waals surface area (Å²) >= 11 is 0. The molecule has 1 fully saturated rings. The summed E-state index contributed by atoms with van der Waals surface area (Å²) in [6.45, 7) is 0. The quantitative estimate of drug-likeness (QED) is 0.880. The van der Waals surface area contributed by atoms with E-state index < -0.39 is 6.10 Å². The van der Waals surface area contributed by atoms with E-state index in [1.165, 1.54) is 5.56 Å². The molecule has 1 unspecified atom stereocenters. The van der Waals surface area contributed by atoms with Crippen LogP contribution in [0.25, 0.3) is 0 Å². The lowest BCUT2D eigenvalue weighted by molar-refractivity contribution is 0.132. The maximum atomic E-state index is 10.6. The second kappa shape index (κ2) is 4.67. The molecule has 1 aromatic heterocycles. The number of nitrogen functional groups attached to an aromatic ring is 1. The molecule has 1 heterocycles. The van der Waals surface area contributed by atoms with Gasteiger partial charge in [-0.2, -0.15) is 0 Å². The van der Waals surface area contributed by atoms with Gasteiger partial charge in [0.15, 0.2) is 0 Å². The summed E-state index contributed by atoms with van der Waals surface area (Å²) in [5, 5.41) is 10.6. The Kier molecular flexibility index (Phi) is 2.99. The van der Waals surface area contributed by atoms with Crippen LogP contribution < -0.4 is 5.73 Å². The Morgan fingerprint density at radius 3 is 2.58 bits per heavy atom. The molecule has 1 atom stereocenters. The number of benzene rings is 1. The zero-order valence-corrected chi connectivity index (χ0v) is 10.8. The molecule has 3 rings (SSSR count). The van der Waals surface area contributed by atoms with Crippen molar-refractivity contribution >= 4 is 5.69 Å². The predicted molar refractivity (Wildman–Crippen MR) is 75.7 cm³/mol. The third kappa shape index (κ3) is 2.22. The topological polar surface area (TPSA) is 59.1 Å². The fourth-order valence-corrected chi connectivity index (χ4v) is 2.73. The van der Waals surface area contributed by atoms with Crippen molar-refractivity contribution in [1.82, 2.24) is 4.98 Å². The van der Waals surface area contributed by atoms with Crippen LogP contribution in [0.15, 0.2) is 48.8 Å². The molecule has 0 aliphatic heterocycles. The monoisotopic (exact) mass is 254 g/mol. The molecule has 2 aromatic rings. The molecule has 3 heteroatoms. The minimum Gasteiger partial charge on any atom is -0.398 e. The van der Waals surface area contributed by atoms with Crippen LogP contribution in [0.4, 0.5) is 5.69 Å². The highest BCUT2D eigenvalue weighted by molar-refractivity contribution is 5.45. The van der Waals surface area contributed by atoms with Crippen LogP contribution in [-0.4, -0.2) is 16.2 Å². The minimum atomic E-state index is -0.401. The van der Waals surface area contributed by atoms with Crippen molar-refractivity contribution in [2.45, 2.75) is 30.8 Å². The summed E-state index contributed by atoms with van der Waals surface area (Å²) in [5.74, 6) is 0. The third-order valence-corrected chi connectivity index (χ3v) is 4.13. The first kappa shape index (κ1) is 12.2. The number of nitrogens with zero attached hydrogens (tertiary/aromatic N) is 1. The average Bonchev–Trinajstić information content (AvgIpc) is 3.24. The molecule has 0 amide bonds. The number of hydrogen-bond acceptors (Lipinski definition) is 3. The van der Waals surface area contributed by atoms with Gasteiger partial charge in [0.2, 0.25) is 0 Å². The molecule has 1 aliphatic rings. The van der Waals surface area contributed by atoms with Crippen LogP contribution in [0.1, 0.15) is 24.0 Å². The Hall–Kier alpha value is -1.87. The van der Waals surface area contributed by atoms with Crippen molar-refractivity contribution in [2.75, 3.05) is 5.73 Å². The number of aliphatic hydroxyl groups is 1. The molecule has 98 valence electrons. The van der Waals surface area contributed by atoms with E-state index in [-0.39, 0.29) is 5.41 Å². The third-order valence-electron chi connectivity index (χ3n) is 4.13. The summed E-state index contributed by atoms with van der Waals surface area (Å²) < 4.78 is 0. The molecule has 3 nitrogen and oxygen atoms in total. The first-order valence-electron chi connectivity index (χ1n) is 6.64. The summed E-state index contributed by atoms with van der Waals surface area (Å²) in [6.07, 6.45) is 5.67. The Morgan fingerprint density at radius 1 is 1.21 bits per heavy atom. The highest BCUT2D eigenvalue weighted by Gasteiger charge is 2.50. The van der Waals surface area contributed by atoms with Gasteiger partial charge >= 0.3 is 0 Å². The maximum absolute atomic E-state index is 10.6. The number of hydrogen-bond donors (Lipinski definition) is 2. The van der Waals surface area contributed by atoms with Crippen LogP contribution in [-0.2, 0) is 11.8 Å². The minimum absolute atomic E-state index is 0.0798. The van der Waals surface area contributed by atoms with Gasteiger partial charge in [-0.05, 0) is 30.0 Å². The van der Waals surface area contributed by atoms with E-state index in [1.54, 1.807) is 18.5 Å². The number of aromatic nitrogens is 1. The molecular weight excluding hydrogens is 236 g/mol. The van der Waals surface area contributed by atoms with E-state index in [1.807, 2.05) is 18.2 Å². The number of anilines is 1. The Bertz CT molecular complexity index is 564. The Labute approximate surface area is 113 Å². The van der Waals surface area contributed by atoms with Gasteiger partial charge in [0.05, 0.1) is 6.10 Å². The van der Waals surface area contributed by atoms with Gasteiger partial charge < -0.3 is 10.8 Å². The van der Waals surface area contributed by atoms with E-state index in [4.69, 9.17) is 5.73 Å². The molecule has 0 bridgehead atoms. The zero-order chi connectivity index (χ0) is 13.3. The van der Waals surface area contributed by atoms with E-state index >= 15 is 0 Å². The molecule has 1 aromatic carbocycles. The molecule has 3 N–H and O–H groups in total. The van der Waals surface area contributed by atoms with Crippen LogP contribution in [0.2, 0.25) is 0 Å². The Morgan fingerprint density at radius 2 is 1.95 bits per heavy atom. The van der Waals surface area contributed by atoms with Crippen molar-refractivity contribution in [3.05, 3.63) is 59.9 Å². The lowest BCUT2D eigenvalue weighted by Gasteiger charge is -2.23. The van der Waals surface area contributed by atoms with Crippen LogP contribution in [0.3, 0.4) is 0 Å². The molecule has 19 heavy (non-hydrogen) atoms. The summed E-state index contributed by atoms with van der Waals surface area (Å²) in [5.41, 5.74) is 8.70. The van der Waals surface area contributed by atoms with E-state index in [9.17, 15) is 5.11 Å². The SMILES string of the molecule is Nc1ccncc1CC(O)C1(c2ccccc2)CC1. The maximum Gasteiger partial charge on any atom is 0.0678 e. The highest BCUT2D eigenvalue weighted by atomic mass is 16.3. The summed E-state index contributed by atoms with van der Waals surface area (Å²) in [7, 11) is 0. The predicted octanol–water partition coefficient (Wildman–Crippen LogP) is 2.30. The second-order valence-corrected chi connectivity index (χ2v) is 5.32. The van der Waals surface area contributed by atoms with Gasteiger partial charge in [-0.15, -0.1) is 0 Å². The molecule has 0 saturated heterocycles. The highest BCUT2D eigenvalue weighted by Crippen LogP contribution is 2.51. The van der Waals surface area contributed by atoms with Crippen molar-refractivity contribution in [1.29, 1.82) is 0 Å². The smallest absolute Gasteiger partial charge is 0.0678 e. The number of aliphatic hydroxyl groups excluding tert-OH is 1. The lowest BCUT2D eigenvalue weighted by Crippen LogP contribution is -2.28. The second-order valence-electron chi connectivity index (χ2n) is 5.32. The molecule has 1 aliphatic carbocycles. The number of nitrogens with two attached hydrogens (primary N) is 1. The number of pyridine rings is 1. The normalized spacial score (nSPS) is 17.9. The number of rotatable bonds is 4. The largest absolute Gasteiger partial charge is 0.398 e. The van der Waals surface area contributed by atoms with Gasteiger partial charge in [-0.1, -0.05) is 30.3 Å². The van der Waals surface area contributed by atoms with Crippen molar-refractivity contribution in [3.8, 4) is 0 Å². The molecule has 1 saturated carbocycles. The van der Waals surface area contributed by atoms with Crippen molar-refractivity contribution in [3.63, 3.8) is 0 Å². The lowest BCUT2D eigenvalue weighted by atomic mass is 9.86. The first-order valence-corrected chi connectivity index (χ1v) is 6.64. The molecule has 0 radical (unpaired) electrons. The van der Waals surface area contributed by atoms with E-state index in [2.05, 4.69) is 17.1 Å². The fraction of sp³-hybridized carbons (Fsp3) is 0.312. The standard InChI is InChI=1S/C16H18N2O/c17-14-6-9-18-11-12(14)10-15(19)16(7-8-16)13-4-2-1-3-5-13/h1-6,9,11,15,19H,7-8,10H2,(H2,17,18). The van der Waals surface area contributed by atoms with E-state index in [0.717, 1.165) is 18.4 Å². The van der Waals surface area contributed by atoms with Gasteiger partial charge in [0.1, 0.15) is 0 Å². The first-order chi connectivity index (χ1) is 9.22. The van der Waals surface area contributed by atoms with Gasteiger partial charge in [0, 0.05) is 29.9 Å². The van der Waals surface area contributed by atoms with Gasteiger partial charge in [0.25, 0.3) is 0 Å². The van der Waals surface area contributed by atoms with Crippen molar-refractivity contribution in [2.24, 2.45) is 0 Å².